The standard InChI is InChI=1S/C20H23NO4/c1-14(12-15-10-11-17(23-2)18(13-15)24-3)21-20(25-4)19(22)16-8-6-5-7-9-16/h5-11,13-14H,12H2,1-4H3. The van der Waals surface area contributed by atoms with Crippen LogP contribution in [0.1, 0.15) is 22.8 Å². The maximum absolute atomic E-state index is 12.5. The molecular weight excluding hydrogens is 318 g/mol. The average Bonchev–Trinajstić information content (AvgIpc) is 2.66. The molecule has 5 heteroatoms. The van der Waals surface area contributed by atoms with Crippen molar-refractivity contribution in [3.63, 3.8) is 0 Å². The third kappa shape index (κ3) is 4.83. The van der Waals surface area contributed by atoms with Gasteiger partial charge in [0.15, 0.2) is 11.5 Å². The minimum absolute atomic E-state index is 0.110. The summed E-state index contributed by atoms with van der Waals surface area (Å²) in [6, 6.07) is 14.6. The first kappa shape index (κ1) is 18.5. The SMILES string of the molecule is COC(=NC(C)Cc1ccc(OC)c(OC)c1)C(=O)c1ccccc1. The quantitative estimate of drug-likeness (QED) is 0.439. The van der Waals surface area contributed by atoms with Gasteiger partial charge in [0.2, 0.25) is 5.78 Å². The number of benzene rings is 2. The van der Waals surface area contributed by atoms with Gasteiger partial charge in [-0.3, -0.25) is 4.79 Å². The zero-order chi connectivity index (χ0) is 18.2. The topological polar surface area (TPSA) is 57.1 Å². The Labute approximate surface area is 148 Å². The summed E-state index contributed by atoms with van der Waals surface area (Å²) in [5.74, 6) is 1.24. The molecule has 5 nitrogen and oxygen atoms in total. The zero-order valence-corrected chi connectivity index (χ0v) is 15.0. The molecule has 0 N–H and O–H groups in total. The Morgan fingerprint density at radius 1 is 1.00 bits per heavy atom. The number of carbonyl (C=O) groups is 1. The summed E-state index contributed by atoms with van der Waals surface area (Å²) in [5.41, 5.74) is 1.60. The van der Waals surface area contributed by atoms with Gasteiger partial charge in [-0.1, -0.05) is 36.4 Å². The fourth-order valence-corrected chi connectivity index (χ4v) is 2.51. The zero-order valence-electron chi connectivity index (χ0n) is 15.0. The molecule has 0 bridgehead atoms. The molecule has 2 rings (SSSR count). The molecule has 0 amide bonds. The average molecular weight is 341 g/mol. The summed E-state index contributed by atoms with van der Waals surface area (Å²) in [6.07, 6.45) is 0.648. The molecule has 0 radical (unpaired) electrons. The summed E-state index contributed by atoms with van der Waals surface area (Å²) < 4.78 is 15.8. The van der Waals surface area contributed by atoms with Crippen LogP contribution in [0, 0.1) is 0 Å². The highest BCUT2D eigenvalue weighted by Crippen LogP contribution is 2.28. The molecule has 0 aliphatic heterocycles. The normalized spacial score (nSPS) is 12.4. The van der Waals surface area contributed by atoms with E-state index in [1.54, 1.807) is 26.4 Å². The highest BCUT2D eigenvalue weighted by molar-refractivity contribution is 6.42. The third-order valence-corrected chi connectivity index (χ3v) is 3.74. The number of nitrogens with zero attached hydrogens (tertiary/aromatic N) is 1. The first-order valence-corrected chi connectivity index (χ1v) is 8.01. The van der Waals surface area contributed by atoms with E-state index in [0.29, 0.717) is 23.5 Å². The smallest absolute Gasteiger partial charge is 0.258 e. The van der Waals surface area contributed by atoms with E-state index in [2.05, 4.69) is 4.99 Å². The van der Waals surface area contributed by atoms with Crippen LogP contribution in [-0.4, -0.2) is 39.1 Å². The van der Waals surface area contributed by atoms with Gasteiger partial charge in [-0.05, 0) is 31.0 Å². The maximum Gasteiger partial charge on any atom is 0.258 e. The van der Waals surface area contributed by atoms with Gasteiger partial charge in [-0.25, -0.2) is 4.99 Å². The molecule has 0 aromatic heterocycles. The van der Waals surface area contributed by atoms with Gasteiger partial charge in [0, 0.05) is 5.56 Å². The molecule has 0 saturated carbocycles. The third-order valence-electron chi connectivity index (χ3n) is 3.74. The van der Waals surface area contributed by atoms with E-state index in [1.165, 1.54) is 7.11 Å². The molecule has 0 fully saturated rings. The van der Waals surface area contributed by atoms with E-state index in [1.807, 2.05) is 43.3 Å². The number of ketones is 1. The molecule has 1 unspecified atom stereocenters. The van der Waals surface area contributed by atoms with Crippen molar-refractivity contribution >= 4 is 11.7 Å². The second kappa shape index (κ2) is 8.87. The maximum atomic E-state index is 12.5. The van der Waals surface area contributed by atoms with Crippen LogP contribution in [0.3, 0.4) is 0 Å². The number of ether oxygens (including phenoxy) is 3. The predicted molar refractivity (Wildman–Crippen MR) is 97.9 cm³/mol. The lowest BCUT2D eigenvalue weighted by Gasteiger charge is -2.12. The van der Waals surface area contributed by atoms with E-state index in [0.717, 1.165) is 5.56 Å². The lowest BCUT2D eigenvalue weighted by atomic mass is 10.1. The number of Topliss-reactive ketones (excluding diaryl/α,β-unsaturated/α-hetero) is 1. The summed E-state index contributed by atoms with van der Waals surface area (Å²) in [6.45, 7) is 1.94. The lowest BCUT2D eigenvalue weighted by Crippen LogP contribution is -2.19. The van der Waals surface area contributed by atoms with E-state index in [-0.39, 0.29) is 17.7 Å². The van der Waals surface area contributed by atoms with Crippen molar-refractivity contribution in [2.45, 2.75) is 19.4 Å². The fourth-order valence-electron chi connectivity index (χ4n) is 2.51. The van der Waals surface area contributed by atoms with Crippen LogP contribution in [0.15, 0.2) is 53.5 Å². The Morgan fingerprint density at radius 2 is 1.68 bits per heavy atom. The van der Waals surface area contributed by atoms with Gasteiger partial charge in [0.1, 0.15) is 0 Å². The number of hydrogen-bond donors (Lipinski definition) is 0. The van der Waals surface area contributed by atoms with Crippen LogP contribution in [-0.2, 0) is 11.2 Å². The Bertz CT molecular complexity index is 741. The second-order valence-electron chi connectivity index (χ2n) is 5.58. The van der Waals surface area contributed by atoms with Crippen molar-refractivity contribution in [1.82, 2.24) is 0 Å². The molecular formula is C20H23NO4. The molecule has 2 aromatic rings. The summed E-state index contributed by atoms with van der Waals surface area (Å²) in [4.78, 5) is 16.9. The van der Waals surface area contributed by atoms with Crippen molar-refractivity contribution in [3.8, 4) is 11.5 Å². The fraction of sp³-hybridized carbons (Fsp3) is 0.300. The Kier molecular flexibility index (Phi) is 6.57. The molecule has 2 aromatic carbocycles. The molecule has 1 atom stereocenters. The highest BCUT2D eigenvalue weighted by atomic mass is 16.5. The molecule has 25 heavy (non-hydrogen) atoms. The van der Waals surface area contributed by atoms with E-state index < -0.39 is 0 Å². The number of aliphatic imine (C=N–C) groups is 1. The number of hydrogen-bond acceptors (Lipinski definition) is 5. The molecule has 0 aliphatic carbocycles. The van der Waals surface area contributed by atoms with Crippen molar-refractivity contribution < 1.29 is 19.0 Å². The van der Waals surface area contributed by atoms with Gasteiger partial charge in [-0.2, -0.15) is 0 Å². The summed E-state index contributed by atoms with van der Waals surface area (Å²) >= 11 is 0. The Morgan fingerprint density at radius 3 is 2.28 bits per heavy atom. The van der Waals surface area contributed by atoms with Crippen LogP contribution in [0.5, 0.6) is 11.5 Å². The monoisotopic (exact) mass is 341 g/mol. The van der Waals surface area contributed by atoms with Crippen LogP contribution >= 0.6 is 0 Å². The van der Waals surface area contributed by atoms with Gasteiger partial charge >= 0.3 is 0 Å². The number of carbonyl (C=O) groups excluding carboxylic acids is 1. The Hall–Kier alpha value is -2.82. The van der Waals surface area contributed by atoms with Gasteiger partial charge in [0.25, 0.3) is 5.90 Å². The number of rotatable bonds is 7. The van der Waals surface area contributed by atoms with Crippen LogP contribution < -0.4 is 9.47 Å². The number of methoxy groups -OCH3 is 3. The summed E-state index contributed by atoms with van der Waals surface area (Å²) in [5, 5.41) is 0. The van der Waals surface area contributed by atoms with Crippen molar-refractivity contribution in [2.24, 2.45) is 4.99 Å². The molecule has 0 aliphatic rings. The van der Waals surface area contributed by atoms with Crippen LogP contribution in [0.4, 0.5) is 0 Å². The van der Waals surface area contributed by atoms with E-state index in [9.17, 15) is 4.79 Å². The van der Waals surface area contributed by atoms with Crippen molar-refractivity contribution in [1.29, 1.82) is 0 Å². The van der Waals surface area contributed by atoms with Gasteiger partial charge < -0.3 is 14.2 Å². The van der Waals surface area contributed by atoms with Crippen molar-refractivity contribution in [3.05, 3.63) is 59.7 Å². The predicted octanol–water partition coefficient (Wildman–Crippen LogP) is 3.56. The first-order chi connectivity index (χ1) is 12.1. The molecule has 0 spiro atoms. The highest BCUT2D eigenvalue weighted by Gasteiger charge is 2.16. The van der Waals surface area contributed by atoms with Crippen LogP contribution in [0.25, 0.3) is 0 Å². The van der Waals surface area contributed by atoms with Crippen LogP contribution in [0.2, 0.25) is 0 Å². The Balaban J connectivity index is 2.15. The van der Waals surface area contributed by atoms with E-state index >= 15 is 0 Å². The lowest BCUT2D eigenvalue weighted by molar-refractivity contribution is 0.103. The van der Waals surface area contributed by atoms with E-state index in [4.69, 9.17) is 14.2 Å². The first-order valence-electron chi connectivity index (χ1n) is 8.01. The molecule has 132 valence electrons. The van der Waals surface area contributed by atoms with Crippen molar-refractivity contribution in [2.75, 3.05) is 21.3 Å². The molecule has 0 saturated heterocycles. The second-order valence-corrected chi connectivity index (χ2v) is 5.58. The summed E-state index contributed by atoms with van der Waals surface area (Å²) in [7, 11) is 4.66. The minimum Gasteiger partial charge on any atom is -0.493 e. The molecule has 0 heterocycles. The minimum atomic E-state index is -0.220. The largest absolute Gasteiger partial charge is 0.493 e. The van der Waals surface area contributed by atoms with Gasteiger partial charge in [0.05, 0.1) is 27.4 Å². The van der Waals surface area contributed by atoms with Gasteiger partial charge in [-0.15, -0.1) is 0 Å².